The number of nitrogens with one attached hydrogen (secondary N) is 2. The molecule has 3 unspecified atom stereocenters. The number of amides is 2. The number of carbonyl (C=O) groups excluding carboxylic acids is 2. The second-order valence-electron chi connectivity index (χ2n) is 7.61. The summed E-state index contributed by atoms with van der Waals surface area (Å²) in [6.07, 6.45) is 0.271. The first-order valence-corrected chi connectivity index (χ1v) is 13.5. The highest BCUT2D eigenvalue weighted by atomic mass is 32.2. The fourth-order valence-corrected chi connectivity index (χ4v) is 6.45. The molecule has 0 saturated carbocycles. The summed E-state index contributed by atoms with van der Waals surface area (Å²) >= 11 is 2.47. The average Bonchev–Trinajstić information content (AvgIpc) is 3.30. The molecule has 36 heavy (non-hydrogen) atoms. The number of oxime groups is 1. The summed E-state index contributed by atoms with van der Waals surface area (Å²) in [7, 11) is 1.47. The number of anilines is 1. The second-order valence-corrected chi connectivity index (χ2v) is 11.0. The third-order valence-electron chi connectivity index (χ3n) is 5.41. The zero-order valence-corrected chi connectivity index (χ0v) is 21.5. The van der Waals surface area contributed by atoms with Crippen LogP contribution < -0.4 is 15.8 Å². The van der Waals surface area contributed by atoms with Gasteiger partial charge in [0.15, 0.2) is 10.8 Å². The van der Waals surface area contributed by atoms with Crippen molar-refractivity contribution >= 4 is 62.7 Å². The molecule has 0 aliphatic carbocycles. The van der Waals surface area contributed by atoms with Crippen LogP contribution in [0.4, 0.5) is 5.13 Å². The molecule has 3 atom stereocenters. The number of aliphatic carboxylic acids is 1. The van der Waals surface area contributed by atoms with Gasteiger partial charge in [-0.05, 0) is 36.7 Å². The quantitative estimate of drug-likeness (QED) is 0.194. The van der Waals surface area contributed by atoms with Crippen molar-refractivity contribution in [1.29, 1.82) is 0 Å². The molecule has 2 aliphatic rings. The van der Waals surface area contributed by atoms with E-state index in [-0.39, 0.29) is 28.7 Å². The highest BCUT2D eigenvalue weighted by Gasteiger charge is 2.54. The second kappa shape index (κ2) is 10.8. The molecule has 12 nitrogen and oxygen atoms in total. The van der Waals surface area contributed by atoms with Crippen molar-refractivity contribution in [3.05, 3.63) is 52.2 Å². The summed E-state index contributed by atoms with van der Waals surface area (Å²) in [4.78, 5) is 48.5. The normalized spacial score (nSPS) is 20.4. The van der Waals surface area contributed by atoms with Crippen LogP contribution in [0.3, 0.4) is 0 Å². The molecule has 2 aromatic rings. The summed E-state index contributed by atoms with van der Waals surface area (Å²) in [5, 5.41) is 17.4. The van der Waals surface area contributed by atoms with Gasteiger partial charge in [-0.25, -0.2) is 18.7 Å². The maximum atomic E-state index is 13.0. The highest BCUT2D eigenvalue weighted by molar-refractivity contribution is 8.00. The van der Waals surface area contributed by atoms with Crippen LogP contribution in [0.15, 0.2) is 51.0 Å². The average molecular weight is 551 g/mol. The van der Waals surface area contributed by atoms with Gasteiger partial charge in [-0.1, -0.05) is 17.3 Å². The minimum Gasteiger partial charge on any atom is -0.477 e. The van der Waals surface area contributed by atoms with E-state index in [1.165, 1.54) is 29.2 Å². The van der Waals surface area contributed by atoms with E-state index in [9.17, 15) is 23.7 Å². The number of nitrogen functional groups attached to an aromatic ring is 1. The van der Waals surface area contributed by atoms with Crippen LogP contribution in [0, 0.1) is 0 Å². The Bertz CT molecular complexity index is 1310. The first kappa shape index (κ1) is 25.8. The number of hydrogen-bond donors (Lipinski definition) is 4. The van der Waals surface area contributed by atoms with E-state index in [1.54, 1.807) is 25.2 Å². The van der Waals surface area contributed by atoms with Crippen LogP contribution in [0.1, 0.15) is 11.3 Å². The van der Waals surface area contributed by atoms with Gasteiger partial charge in [0.2, 0.25) is 0 Å². The van der Waals surface area contributed by atoms with E-state index < -0.39 is 40.2 Å². The molecule has 2 aliphatic heterocycles. The van der Waals surface area contributed by atoms with Crippen LogP contribution in [0.5, 0.6) is 0 Å². The number of aromatic nitrogens is 1. The predicted molar refractivity (Wildman–Crippen MR) is 135 cm³/mol. The van der Waals surface area contributed by atoms with Crippen molar-refractivity contribution < 1.29 is 28.5 Å². The van der Waals surface area contributed by atoms with Gasteiger partial charge in [0.1, 0.15) is 40.9 Å². The zero-order chi connectivity index (χ0) is 26.0. The predicted octanol–water partition coefficient (Wildman–Crippen LogP) is 0.299. The summed E-state index contributed by atoms with van der Waals surface area (Å²) in [6.45, 7) is 0. The van der Waals surface area contributed by atoms with Crippen LogP contribution in [-0.4, -0.2) is 74.0 Å². The third-order valence-corrected chi connectivity index (χ3v) is 8.48. The minimum absolute atomic E-state index is 0.104. The van der Waals surface area contributed by atoms with Crippen molar-refractivity contribution in [3.8, 4) is 0 Å². The molecular formula is C21H22N6O6S3. The molecular weight excluding hydrogens is 528 g/mol. The van der Waals surface area contributed by atoms with E-state index in [1.807, 2.05) is 6.07 Å². The van der Waals surface area contributed by atoms with Crippen LogP contribution in [0.25, 0.3) is 0 Å². The van der Waals surface area contributed by atoms with Gasteiger partial charge in [0, 0.05) is 11.1 Å². The standard InChI is InChI=1S/C21H22N6O6S3/c1-23-36(32)12-5-3-4-10(7-12)6-11-8-34-19-15(18(29)27(19)16(11)20(30)31)25-17(28)14(26-33-2)13-9-35-21(22)24-13/h3-5,7,9,15,19,23H,6,8H2,1-2H3,(H2,22,24)(H,25,28)(H,30,31)/b26-14-. The lowest BCUT2D eigenvalue weighted by Gasteiger charge is -2.49. The van der Waals surface area contributed by atoms with Crippen LogP contribution in [0.2, 0.25) is 0 Å². The van der Waals surface area contributed by atoms with E-state index >= 15 is 0 Å². The largest absolute Gasteiger partial charge is 0.477 e. The van der Waals surface area contributed by atoms with Gasteiger partial charge in [-0.3, -0.25) is 14.5 Å². The number of thioether (sulfide) groups is 1. The number of fused-ring (bicyclic) bond motifs is 1. The van der Waals surface area contributed by atoms with Gasteiger partial charge in [-0.2, -0.15) is 0 Å². The molecule has 0 radical (unpaired) electrons. The number of hydrogen-bond acceptors (Lipinski definition) is 10. The molecule has 1 fully saturated rings. The first-order valence-electron chi connectivity index (χ1n) is 10.5. The molecule has 0 bridgehead atoms. The van der Waals surface area contributed by atoms with Gasteiger partial charge in [0.05, 0.1) is 4.90 Å². The Morgan fingerprint density at radius 1 is 1.42 bits per heavy atom. The van der Waals surface area contributed by atoms with Gasteiger partial charge in [0.25, 0.3) is 11.8 Å². The number of nitrogens with two attached hydrogens (primary N) is 1. The molecule has 4 rings (SSSR count). The highest BCUT2D eigenvalue weighted by Crippen LogP contribution is 2.41. The van der Waals surface area contributed by atoms with Crippen LogP contribution in [-0.2, 0) is 36.6 Å². The number of carboxylic acid groups (broad SMARTS) is 1. The maximum Gasteiger partial charge on any atom is 0.352 e. The number of β-lactam (4-membered cyclic amide) rings is 1. The van der Waals surface area contributed by atoms with E-state index in [0.29, 0.717) is 16.2 Å². The Morgan fingerprint density at radius 2 is 2.19 bits per heavy atom. The fraction of sp³-hybridized carbons (Fsp3) is 0.286. The molecule has 1 aromatic carbocycles. The first-order chi connectivity index (χ1) is 17.2. The van der Waals surface area contributed by atoms with Crippen molar-refractivity contribution in [1.82, 2.24) is 19.9 Å². The number of carboxylic acids is 1. The number of rotatable bonds is 9. The van der Waals surface area contributed by atoms with Crippen LogP contribution >= 0.6 is 23.1 Å². The number of carbonyl (C=O) groups is 3. The summed E-state index contributed by atoms with van der Waals surface area (Å²) in [6, 6.07) is 6.05. The molecule has 1 aromatic heterocycles. The topological polar surface area (TPSA) is 176 Å². The molecule has 15 heteroatoms. The van der Waals surface area contributed by atoms with E-state index in [0.717, 1.165) is 16.9 Å². The Balaban J connectivity index is 1.54. The zero-order valence-electron chi connectivity index (χ0n) is 19.1. The smallest absolute Gasteiger partial charge is 0.352 e. The van der Waals surface area contributed by atoms with Gasteiger partial charge in [-0.15, -0.1) is 23.1 Å². The number of benzene rings is 1. The molecule has 3 heterocycles. The van der Waals surface area contributed by atoms with Crippen molar-refractivity contribution in [2.75, 3.05) is 25.6 Å². The van der Waals surface area contributed by atoms with Gasteiger partial charge < -0.3 is 21.0 Å². The number of thiazole rings is 1. The lowest BCUT2D eigenvalue weighted by atomic mass is 9.99. The molecule has 2 amide bonds. The Hall–Kier alpha value is -3.27. The Morgan fingerprint density at radius 3 is 2.83 bits per heavy atom. The number of nitrogens with zero attached hydrogens (tertiary/aromatic N) is 3. The molecule has 190 valence electrons. The Kier molecular flexibility index (Phi) is 7.73. The molecule has 0 spiro atoms. The lowest BCUT2D eigenvalue weighted by Crippen LogP contribution is -2.71. The van der Waals surface area contributed by atoms with E-state index in [2.05, 4.69) is 20.2 Å². The lowest BCUT2D eigenvalue weighted by molar-refractivity contribution is -0.150. The van der Waals surface area contributed by atoms with Gasteiger partial charge >= 0.3 is 5.97 Å². The van der Waals surface area contributed by atoms with Crippen molar-refractivity contribution in [2.45, 2.75) is 22.7 Å². The monoisotopic (exact) mass is 550 g/mol. The minimum atomic E-state index is -1.38. The Labute approximate surface area is 216 Å². The summed E-state index contributed by atoms with van der Waals surface area (Å²) < 4.78 is 14.7. The maximum absolute atomic E-state index is 13.0. The summed E-state index contributed by atoms with van der Waals surface area (Å²) in [5.41, 5.74) is 6.91. The molecule has 5 N–H and O–H groups in total. The molecule has 1 saturated heterocycles. The third kappa shape index (κ3) is 5.00. The SMILES string of the molecule is CNS(=O)c1cccc(CC2=C(C(=O)O)N3C(=O)C(NC(=O)/C(=N\OC)c4csc(N)n4)C3SC2)c1. The van der Waals surface area contributed by atoms with Crippen molar-refractivity contribution in [2.24, 2.45) is 5.16 Å². The summed E-state index contributed by atoms with van der Waals surface area (Å²) in [5.74, 6) is -2.14. The van der Waals surface area contributed by atoms with E-state index in [4.69, 9.17) is 10.6 Å². The fourth-order valence-electron chi connectivity index (χ4n) is 3.86. The van der Waals surface area contributed by atoms with Crippen molar-refractivity contribution in [3.63, 3.8) is 0 Å².